The molecular weight excluding hydrogens is 198 g/mol. The first-order chi connectivity index (χ1) is 7.67. The van der Waals surface area contributed by atoms with Gasteiger partial charge in [-0.05, 0) is 55.0 Å². The van der Waals surface area contributed by atoms with Gasteiger partial charge in [0.1, 0.15) is 5.75 Å². The van der Waals surface area contributed by atoms with E-state index in [4.69, 9.17) is 4.74 Å². The molecule has 2 nitrogen and oxygen atoms in total. The van der Waals surface area contributed by atoms with Crippen molar-refractivity contribution in [1.29, 1.82) is 0 Å². The summed E-state index contributed by atoms with van der Waals surface area (Å²) in [5, 5.41) is 3.31. The number of methoxy groups -OCH3 is 1. The SMILES string of the molecule is CNCC1(C)CCc2ccc(OC)cc2C1. The predicted molar refractivity (Wildman–Crippen MR) is 67.1 cm³/mol. The second kappa shape index (κ2) is 4.46. The fourth-order valence-corrected chi connectivity index (χ4v) is 2.70. The Bertz CT molecular complexity index is 375. The molecule has 0 fully saturated rings. The maximum atomic E-state index is 5.29. The predicted octanol–water partition coefficient (Wildman–Crippen LogP) is 2.41. The zero-order valence-electron chi connectivity index (χ0n) is 10.5. The first-order valence-corrected chi connectivity index (χ1v) is 5.97. The molecule has 1 unspecified atom stereocenters. The monoisotopic (exact) mass is 219 g/mol. The van der Waals surface area contributed by atoms with Crippen LogP contribution in [0.2, 0.25) is 0 Å². The van der Waals surface area contributed by atoms with Crippen LogP contribution < -0.4 is 10.1 Å². The average molecular weight is 219 g/mol. The van der Waals surface area contributed by atoms with E-state index < -0.39 is 0 Å². The van der Waals surface area contributed by atoms with Gasteiger partial charge in [0.2, 0.25) is 0 Å². The van der Waals surface area contributed by atoms with E-state index in [1.165, 1.54) is 24.0 Å². The summed E-state index contributed by atoms with van der Waals surface area (Å²) in [6, 6.07) is 6.48. The molecule has 1 aliphatic carbocycles. The fraction of sp³-hybridized carbons (Fsp3) is 0.571. The van der Waals surface area contributed by atoms with Gasteiger partial charge in [-0.25, -0.2) is 0 Å². The summed E-state index contributed by atoms with van der Waals surface area (Å²) in [4.78, 5) is 0. The summed E-state index contributed by atoms with van der Waals surface area (Å²) in [5.41, 5.74) is 3.35. The largest absolute Gasteiger partial charge is 0.497 e. The molecule has 0 saturated carbocycles. The molecule has 1 N–H and O–H groups in total. The van der Waals surface area contributed by atoms with Crippen LogP contribution in [0.4, 0.5) is 0 Å². The van der Waals surface area contributed by atoms with Crippen LogP contribution >= 0.6 is 0 Å². The number of hydrogen-bond donors (Lipinski definition) is 1. The van der Waals surface area contributed by atoms with Crippen LogP contribution in [0.5, 0.6) is 5.75 Å². The highest BCUT2D eigenvalue weighted by atomic mass is 16.5. The van der Waals surface area contributed by atoms with Gasteiger partial charge in [0.15, 0.2) is 0 Å². The van der Waals surface area contributed by atoms with Crippen molar-refractivity contribution in [3.8, 4) is 5.75 Å². The molecule has 1 atom stereocenters. The molecule has 0 radical (unpaired) electrons. The fourth-order valence-electron chi connectivity index (χ4n) is 2.70. The molecule has 0 spiro atoms. The van der Waals surface area contributed by atoms with Gasteiger partial charge in [-0.15, -0.1) is 0 Å². The lowest BCUT2D eigenvalue weighted by Crippen LogP contribution is -2.35. The minimum absolute atomic E-state index is 0.397. The minimum Gasteiger partial charge on any atom is -0.497 e. The number of rotatable bonds is 3. The topological polar surface area (TPSA) is 21.3 Å². The van der Waals surface area contributed by atoms with E-state index in [0.29, 0.717) is 5.41 Å². The van der Waals surface area contributed by atoms with Crippen molar-refractivity contribution in [3.63, 3.8) is 0 Å². The summed E-state index contributed by atoms with van der Waals surface area (Å²) in [6.45, 7) is 3.45. The molecule has 0 aliphatic heterocycles. The highest BCUT2D eigenvalue weighted by Gasteiger charge is 2.29. The van der Waals surface area contributed by atoms with Crippen molar-refractivity contribution >= 4 is 0 Å². The van der Waals surface area contributed by atoms with Crippen LogP contribution in [0.15, 0.2) is 18.2 Å². The lowest BCUT2D eigenvalue weighted by molar-refractivity contribution is 0.271. The highest BCUT2D eigenvalue weighted by Crippen LogP contribution is 2.36. The normalized spacial score (nSPS) is 23.9. The number of fused-ring (bicyclic) bond motifs is 1. The van der Waals surface area contributed by atoms with E-state index in [9.17, 15) is 0 Å². The number of aryl methyl sites for hydroxylation is 1. The molecule has 1 aromatic carbocycles. The van der Waals surface area contributed by atoms with Gasteiger partial charge in [0.05, 0.1) is 7.11 Å². The van der Waals surface area contributed by atoms with Crippen LogP contribution in [-0.4, -0.2) is 20.7 Å². The third kappa shape index (κ3) is 2.22. The molecular formula is C14H21NO. The Morgan fingerprint density at radius 1 is 1.38 bits per heavy atom. The number of ether oxygens (including phenoxy) is 1. The van der Waals surface area contributed by atoms with Gasteiger partial charge in [-0.1, -0.05) is 13.0 Å². The highest BCUT2D eigenvalue weighted by molar-refractivity contribution is 5.38. The second-order valence-corrected chi connectivity index (χ2v) is 5.15. The standard InChI is InChI=1S/C14H21NO/c1-14(10-15-2)7-6-11-4-5-13(16-3)8-12(11)9-14/h4-5,8,15H,6-7,9-10H2,1-3H3. The summed E-state index contributed by atoms with van der Waals surface area (Å²) in [5.74, 6) is 0.979. The maximum Gasteiger partial charge on any atom is 0.119 e. The Kier molecular flexibility index (Phi) is 3.20. The van der Waals surface area contributed by atoms with Crippen LogP contribution in [0.25, 0.3) is 0 Å². The first-order valence-electron chi connectivity index (χ1n) is 5.97. The average Bonchev–Trinajstić information content (AvgIpc) is 2.28. The molecule has 1 aromatic rings. The zero-order valence-corrected chi connectivity index (χ0v) is 10.5. The van der Waals surface area contributed by atoms with E-state index in [2.05, 4.69) is 30.4 Å². The van der Waals surface area contributed by atoms with E-state index >= 15 is 0 Å². The Morgan fingerprint density at radius 3 is 2.88 bits per heavy atom. The zero-order chi connectivity index (χ0) is 11.6. The smallest absolute Gasteiger partial charge is 0.119 e. The van der Waals surface area contributed by atoms with Crippen LogP contribution in [0.1, 0.15) is 24.5 Å². The first kappa shape index (κ1) is 11.5. The van der Waals surface area contributed by atoms with E-state index in [1.54, 1.807) is 7.11 Å². The van der Waals surface area contributed by atoms with Crippen molar-refractivity contribution in [2.75, 3.05) is 20.7 Å². The molecule has 0 bridgehead atoms. The quantitative estimate of drug-likeness (QED) is 0.843. The summed E-state index contributed by atoms with van der Waals surface area (Å²) in [6.07, 6.45) is 3.62. The van der Waals surface area contributed by atoms with Crippen molar-refractivity contribution in [2.45, 2.75) is 26.2 Å². The van der Waals surface area contributed by atoms with Gasteiger partial charge >= 0.3 is 0 Å². The minimum atomic E-state index is 0.397. The van der Waals surface area contributed by atoms with Crippen molar-refractivity contribution in [1.82, 2.24) is 5.32 Å². The lowest BCUT2D eigenvalue weighted by atomic mass is 9.73. The third-order valence-corrected chi connectivity index (χ3v) is 3.63. The molecule has 2 heteroatoms. The number of benzene rings is 1. The Morgan fingerprint density at radius 2 is 2.19 bits per heavy atom. The molecule has 0 aromatic heterocycles. The van der Waals surface area contributed by atoms with E-state index in [1.807, 2.05) is 7.05 Å². The molecule has 16 heavy (non-hydrogen) atoms. The molecule has 0 heterocycles. The second-order valence-electron chi connectivity index (χ2n) is 5.15. The summed E-state index contributed by atoms with van der Waals surface area (Å²) < 4.78 is 5.29. The Balaban J connectivity index is 2.24. The Labute approximate surface area is 98.0 Å². The third-order valence-electron chi connectivity index (χ3n) is 3.63. The van der Waals surface area contributed by atoms with Crippen molar-refractivity contribution in [3.05, 3.63) is 29.3 Å². The number of hydrogen-bond acceptors (Lipinski definition) is 2. The molecule has 0 amide bonds. The van der Waals surface area contributed by atoms with E-state index in [-0.39, 0.29) is 0 Å². The molecule has 0 saturated heterocycles. The van der Waals surface area contributed by atoms with Gasteiger partial charge < -0.3 is 10.1 Å². The van der Waals surface area contributed by atoms with E-state index in [0.717, 1.165) is 18.7 Å². The van der Waals surface area contributed by atoms with Gasteiger partial charge in [-0.2, -0.15) is 0 Å². The maximum absolute atomic E-state index is 5.29. The molecule has 1 aliphatic rings. The number of nitrogens with one attached hydrogen (secondary N) is 1. The van der Waals surface area contributed by atoms with Gasteiger partial charge in [-0.3, -0.25) is 0 Å². The lowest BCUT2D eigenvalue weighted by Gasteiger charge is -2.35. The van der Waals surface area contributed by atoms with Crippen molar-refractivity contribution in [2.24, 2.45) is 5.41 Å². The van der Waals surface area contributed by atoms with Gasteiger partial charge in [0, 0.05) is 6.54 Å². The van der Waals surface area contributed by atoms with Gasteiger partial charge in [0.25, 0.3) is 0 Å². The van der Waals surface area contributed by atoms with Crippen LogP contribution in [0.3, 0.4) is 0 Å². The molecule has 88 valence electrons. The van der Waals surface area contributed by atoms with Crippen molar-refractivity contribution < 1.29 is 4.74 Å². The van der Waals surface area contributed by atoms with Crippen LogP contribution in [0, 0.1) is 5.41 Å². The van der Waals surface area contributed by atoms with Crippen LogP contribution in [-0.2, 0) is 12.8 Å². The summed E-state index contributed by atoms with van der Waals surface area (Å²) in [7, 11) is 3.77. The molecule has 2 rings (SSSR count). The summed E-state index contributed by atoms with van der Waals surface area (Å²) >= 11 is 0. The Hall–Kier alpha value is -1.02.